The lowest BCUT2D eigenvalue weighted by molar-refractivity contribution is -0.143. The zero-order valence-corrected chi connectivity index (χ0v) is 16.5. The maximum Gasteiger partial charge on any atom is 0.209 e. The van der Waals surface area contributed by atoms with Gasteiger partial charge in [0.2, 0.25) is 6.41 Å². The SMILES string of the molecule is CC.Cc1c(Cl)cccc1C1(Nc2ccccc2)CC2(CN(C=O)C2)C1. The Kier molecular flexibility index (Phi) is 5.29. The van der Waals surface area contributed by atoms with E-state index in [1.807, 2.05) is 49.1 Å². The largest absolute Gasteiger partial charge is 0.375 e. The summed E-state index contributed by atoms with van der Waals surface area (Å²) in [5, 5.41) is 4.58. The van der Waals surface area contributed by atoms with Crippen LogP contribution in [0.15, 0.2) is 48.5 Å². The Labute approximate surface area is 161 Å². The molecule has 3 nitrogen and oxygen atoms in total. The molecule has 1 saturated carbocycles. The summed E-state index contributed by atoms with van der Waals surface area (Å²) in [4.78, 5) is 12.8. The Hall–Kier alpha value is -2.00. The van der Waals surface area contributed by atoms with Crippen LogP contribution in [0.25, 0.3) is 0 Å². The number of nitrogens with zero attached hydrogens (tertiary/aromatic N) is 1. The van der Waals surface area contributed by atoms with Gasteiger partial charge in [-0.25, -0.2) is 0 Å². The van der Waals surface area contributed by atoms with Crippen LogP contribution in [0.5, 0.6) is 0 Å². The van der Waals surface area contributed by atoms with Gasteiger partial charge in [0.1, 0.15) is 0 Å². The third-order valence-corrected chi connectivity index (χ3v) is 5.93. The van der Waals surface area contributed by atoms with Crippen molar-refractivity contribution in [2.24, 2.45) is 5.41 Å². The number of hydrogen-bond acceptors (Lipinski definition) is 2. The number of rotatable bonds is 4. The topological polar surface area (TPSA) is 32.3 Å². The predicted octanol–water partition coefficient (Wildman–Crippen LogP) is 5.23. The number of halogens is 1. The molecule has 0 radical (unpaired) electrons. The van der Waals surface area contributed by atoms with Crippen LogP contribution in [0.2, 0.25) is 5.02 Å². The van der Waals surface area contributed by atoms with Crippen LogP contribution in [-0.2, 0) is 10.3 Å². The van der Waals surface area contributed by atoms with Crippen molar-refractivity contribution >= 4 is 23.7 Å². The molecule has 4 heteroatoms. The molecule has 1 N–H and O–H groups in total. The molecule has 1 spiro atoms. The first kappa shape index (κ1) is 18.8. The van der Waals surface area contributed by atoms with Crippen LogP contribution in [0.1, 0.15) is 37.8 Å². The number of likely N-dealkylation sites (tertiary alicyclic amines) is 1. The quantitative estimate of drug-likeness (QED) is 0.747. The van der Waals surface area contributed by atoms with E-state index in [-0.39, 0.29) is 11.0 Å². The fourth-order valence-corrected chi connectivity index (χ4v) is 4.79. The van der Waals surface area contributed by atoms with Crippen molar-refractivity contribution in [1.29, 1.82) is 0 Å². The normalized spacial score (nSPS) is 18.8. The fourth-order valence-electron chi connectivity index (χ4n) is 4.61. The number of carbonyl (C=O) groups excluding carboxylic acids is 1. The Balaban J connectivity index is 0.000000948. The van der Waals surface area contributed by atoms with E-state index in [0.717, 1.165) is 48.6 Å². The third kappa shape index (κ3) is 3.21. The minimum atomic E-state index is -0.106. The van der Waals surface area contributed by atoms with Gasteiger partial charge in [0, 0.05) is 29.2 Å². The van der Waals surface area contributed by atoms with E-state index < -0.39 is 0 Å². The minimum absolute atomic E-state index is 0.106. The highest BCUT2D eigenvalue weighted by atomic mass is 35.5. The molecule has 2 aromatic carbocycles. The van der Waals surface area contributed by atoms with Crippen molar-refractivity contribution in [2.75, 3.05) is 18.4 Å². The van der Waals surface area contributed by atoms with E-state index in [9.17, 15) is 4.79 Å². The Bertz CT molecular complexity index is 761. The Morgan fingerprint density at radius 3 is 2.31 bits per heavy atom. The summed E-state index contributed by atoms with van der Waals surface area (Å²) in [5.41, 5.74) is 3.69. The molecule has 1 aliphatic carbocycles. The second kappa shape index (κ2) is 7.32. The highest BCUT2D eigenvalue weighted by Crippen LogP contribution is 2.60. The average molecular weight is 371 g/mol. The van der Waals surface area contributed by atoms with Gasteiger partial charge < -0.3 is 10.2 Å². The third-order valence-electron chi connectivity index (χ3n) is 5.52. The van der Waals surface area contributed by atoms with Gasteiger partial charge in [-0.3, -0.25) is 4.79 Å². The van der Waals surface area contributed by atoms with Gasteiger partial charge in [-0.05, 0) is 49.1 Å². The first-order valence-corrected chi connectivity index (χ1v) is 9.72. The lowest BCUT2D eigenvalue weighted by Gasteiger charge is -2.64. The van der Waals surface area contributed by atoms with Gasteiger partial charge in [0.05, 0.1) is 5.54 Å². The van der Waals surface area contributed by atoms with Crippen molar-refractivity contribution in [1.82, 2.24) is 4.90 Å². The predicted molar refractivity (Wildman–Crippen MR) is 109 cm³/mol. The lowest BCUT2D eigenvalue weighted by atomic mass is 9.51. The lowest BCUT2D eigenvalue weighted by Crippen LogP contribution is -2.68. The number of carbonyl (C=O) groups is 1. The summed E-state index contributed by atoms with van der Waals surface area (Å²) in [7, 11) is 0. The fraction of sp³-hybridized carbons (Fsp3) is 0.409. The van der Waals surface area contributed by atoms with Crippen LogP contribution in [-0.4, -0.2) is 24.4 Å². The Morgan fingerprint density at radius 2 is 1.69 bits per heavy atom. The first-order valence-electron chi connectivity index (χ1n) is 9.34. The van der Waals surface area contributed by atoms with E-state index in [0.29, 0.717) is 0 Å². The second-order valence-corrected chi connectivity index (χ2v) is 7.76. The molecule has 1 saturated heterocycles. The summed E-state index contributed by atoms with van der Waals surface area (Å²) in [5.74, 6) is 0. The van der Waals surface area contributed by atoms with Gasteiger partial charge in [-0.1, -0.05) is 55.8 Å². The molecule has 0 unspecified atom stereocenters. The van der Waals surface area contributed by atoms with Crippen LogP contribution in [0.3, 0.4) is 0 Å². The molecule has 0 atom stereocenters. The van der Waals surface area contributed by atoms with Gasteiger partial charge in [0.15, 0.2) is 0 Å². The molecule has 2 fully saturated rings. The van der Waals surface area contributed by atoms with Crippen molar-refractivity contribution in [3.8, 4) is 0 Å². The molecule has 0 bridgehead atoms. The summed E-state index contributed by atoms with van der Waals surface area (Å²) in [6, 6.07) is 16.5. The highest BCUT2D eigenvalue weighted by Gasteiger charge is 2.60. The summed E-state index contributed by atoms with van der Waals surface area (Å²) < 4.78 is 0. The van der Waals surface area contributed by atoms with Gasteiger partial charge in [0.25, 0.3) is 0 Å². The molecular weight excluding hydrogens is 344 g/mol. The molecule has 1 heterocycles. The van der Waals surface area contributed by atoms with Gasteiger partial charge in [-0.15, -0.1) is 0 Å². The second-order valence-electron chi connectivity index (χ2n) is 7.35. The molecule has 138 valence electrons. The van der Waals surface area contributed by atoms with Gasteiger partial charge >= 0.3 is 0 Å². The average Bonchev–Trinajstić information content (AvgIpc) is 2.61. The zero-order valence-electron chi connectivity index (χ0n) is 15.8. The van der Waals surface area contributed by atoms with E-state index in [2.05, 4.69) is 30.4 Å². The first-order chi connectivity index (χ1) is 12.6. The van der Waals surface area contributed by atoms with Gasteiger partial charge in [-0.2, -0.15) is 0 Å². The van der Waals surface area contributed by atoms with Crippen molar-refractivity contribution < 1.29 is 4.79 Å². The van der Waals surface area contributed by atoms with Crippen molar-refractivity contribution in [2.45, 2.75) is 39.2 Å². The molecular formula is C22H27ClN2O. The molecule has 2 aromatic rings. The Morgan fingerprint density at radius 1 is 1.04 bits per heavy atom. The van der Waals surface area contributed by atoms with E-state index in [1.165, 1.54) is 5.56 Å². The van der Waals surface area contributed by atoms with E-state index in [4.69, 9.17) is 11.6 Å². The van der Waals surface area contributed by atoms with Crippen LogP contribution in [0, 0.1) is 12.3 Å². The molecule has 0 aromatic heterocycles. The summed E-state index contributed by atoms with van der Waals surface area (Å²) >= 11 is 6.39. The highest BCUT2D eigenvalue weighted by molar-refractivity contribution is 6.31. The van der Waals surface area contributed by atoms with Crippen LogP contribution >= 0.6 is 11.6 Å². The molecule has 1 amide bonds. The minimum Gasteiger partial charge on any atom is -0.375 e. The monoisotopic (exact) mass is 370 g/mol. The van der Waals surface area contributed by atoms with Crippen molar-refractivity contribution in [3.63, 3.8) is 0 Å². The zero-order chi connectivity index (χ0) is 18.8. The number of nitrogens with one attached hydrogen (secondary N) is 1. The molecule has 26 heavy (non-hydrogen) atoms. The van der Waals surface area contributed by atoms with Crippen LogP contribution in [0.4, 0.5) is 5.69 Å². The van der Waals surface area contributed by atoms with Crippen LogP contribution < -0.4 is 5.32 Å². The summed E-state index contributed by atoms with van der Waals surface area (Å²) in [6.07, 6.45) is 3.02. The maximum atomic E-state index is 10.9. The number of hydrogen-bond donors (Lipinski definition) is 1. The maximum absolute atomic E-state index is 10.9. The molecule has 4 rings (SSSR count). The smallest absolute Gasteiger partial charge is 0.209 e. The number of anilines is 1. The number of benzene rings is 2. The van der Waals surface area contributed by atoms with E-state index >= 15 is 0 Å². The molecule has 1 aliphatic heterocycles. The number of para-hydroxylation sites is 1. The standard InChI is InChI=1S/C20H21ClN2O.C2H6/c1-15-17(8-5-9-18(15)21)20(22-16-6-3-2-4-7-16)10-19(11-20)12-23(13-19)14-24;1-2/h2-9,14,22H,10-13H2,1H3;1-2H3. The van der Waals surface area contributed by atoms with E-state index in [1.54, 1.807) is 0 Å². The molecule has 2 aliphatic rings. The number of amides is 1. The van der Waals surface area contributed by atoms with Crippen molar-refractivity contribution in [3.05, 3.63) is 64.7 Å². The summed E-state index contributed by atoms with van der Waals surface area (Å²) in [6.45, 7) is 7.83.